The SMILES string of the molecule is COc1ccc(C(C)NC(C)c2ccc(F)c(Br)c2)cc1. The van der Waals surface area contributed by atoms with E-state index in [2.05, 4.69) is 35.1 Å². The fourth-order valence-corrected chi connectivity index (χ4v) is 2.64. The molecule has 2 unspecified atom stereocenters. The zero-order valence-electron chi connectivity index (χ0n) is 12.4. The molecule has 2 atom stereocenters. The van der Waals surface area contributed by atoms with Gasteiger partial charge in [-0.15, -0.1) is 0 Å². The molecule has 2 rings (SSSR count). The predicted octanol–water partition coefficient (Wildman–Crippen LogP) is 5.01. The Hall–Kier alpha value is -1.39. The average molecular weight is 352 g/mol. The normalized spacial score (nSPS) is 13.8. The Balaban J connectivity index is 2.06. The van der Waals surface area contributed by atoms with Gasteiger partial charge in [-0.05, 0) is 65.2 Å². The first-order chi connectivity index (χ1) is 10.0. The van der Waals surface area contributed by atoms with Gasteiger partial charge < -0.3 is 10.1 Å². The number of rotatable bonds is 5. The Morgan fingerprint density at radius 1 is 1.00 bits per heavy atom. The van der Waals surface area contributed by atoms with Crippen LogP contribution < -0.4 is 10.1 Å². The van der Waals surface area contributed by atoms with Crippen LogP contribution in [0.2, 0.25) is 0 Å². The summed E-state index contributed by atoms with van der Waals surface area (Å²) in [5.41, 5.74) is 2.23. The van der Waals surface area contributed by atoms with Crippen LogP contribution in [0.3, 0.4) is 0 Å². The molecule has 0 saturated carbocycles. The summed E-state index contributed by atoms with van der Waals surface area (Å²) in [5, 5.41) is 3.51. The maximum absolute atomic E-state index is 13.3. The highest BCUT2D eigenvalue weighted by molar-refractivity contribution is 9.10. The maximum atomic E-state index is 13.3. The Morgan fingerprint density at radius 2 is 1.57 bits per heavy atom. The lowest BCUT2D eigenvalue weighted by Gasteiger charge is -2.21. The third kappa shape index (κ3) is 4.05. The molecule has 2 nitrogen and oxygen atoms in total. The molecule has 0 aliphatic heterocycles. The van der Waals surface area contributed by atoms with Gasteiger partial charge in [0, 0.05) is 12.1 Å². The van der Waals surface area contributed by atoms with Gasteiger partial charge in [0.25, 0.3) is 0 Å². The van der Waals surface area contributed by atoms with Crippen molar-refractivity contribution in [2.45, 2.75) is 25.9 Å². The van der Waals surface area contributed by atoms with E-state index in [1.807, 2.05) is 30.3 Å². The van der Waals surface area contributed by atoms with Crippen LogP contribution in [0.25, 0.3) is 0 Å². The number of halogens is 2. The van der Waals surface area contributed by atoms with Gasteiger partial charge in [-0.25, -0.2) is 4.39 Å². The molecule has 2 aromatic rings. The third-order valence-corrected chi connectivity index (χ3v) is 4.17. The summed E-state index contributed by atoms with van der Waals surface area (Å²) >= 11 is 3.22. The zero-order valence-corrected chi connectivity index (χ0v) is 13.9. The molecule has 0 aromatic heterocycles. The second kappa shape index (κ2) is 7.05. The molecule has 0 amide bonds. The standard InChI is InChI=1S/C17H19BrFNO/c1-11(13-4-7-15(21-3)8-5-13)20-12(2)14-6-9-17(19)16(18)10-14/h4-12,20H,1-3H3. The van der Waals surface area contributed by atoms with Crippen LogP contribution in [-0.4, -0.2) is 7.11 Å². The first-order valence-corrected chi connectivity index (χ1v) is 7.65. The molecule has 0 saturated heterocycles. The average Bonchev–Trinajstić information content (AvgIpc) is 2.50. The van der Waals surface area contributed by atoms with Crippen molar-refractivity contribution in [1.82, 2.24) is 5.32 Å². The monoisotopic (exact) mass is 351 g/mol. The molecule has 0 bridgehead atoms. The summed E-state index contributed by atoms with van der Waals surface area (Å²) in [7, 11) is 1.66. The quantitative estimate of drug-likeness (QED) is 0.817. The summed E-state index contributed by atoms with van der Waals surface area (Å²) in [6.07, 6.45) is 0. The molecule has 2 aromatic carbocycles. The highest BCUT2D eigenvalue weighted by Crippen LogP contribution is 2.24. The van der Waals surface area contributed by atoms with Gasteiger partial charge in [-0.2, -0.15) is 0 Å². The Kier molecular flexibility index (Phi) is 5.37. The summed E-state index contributed by atoms with van der Waals surface area (Å²) in [6, 6.07) is 13.4. The van der Waals surface area contributed by atoms with Crippen molar-refractivity contribution in [3.63, 3.8) is 0 Å². The minimum absolute atomic E-state index is 0.124. The van der Waals surface area contributed by atoms with E-state index in [1.54, 1.807) is 13.2 Å². The molecular formula is C17H19BrFNO. The molecule has 0 radical (unpaired) electrons. The van der Waals surface area contributed by atoms with Crippen LogP contribution >= 0.6 is 15.9 Å². The van der Waals surface area contributed by atoms with Gasteiger partial charge >= 0.3 is 0 Å². The number of nitrogens with one attached hydrogen (secondary N) is 1. The van der Waals surface area contributed by atoms with E-state index in [9.17, 15) is 4.39 Å². The highest BCUT2D eigenvalue weighted by atomic mass is 79.9. The first-order valence-electron chi connectivity index (χ1n) is 6.86. The summed E-state index contributed by atoms with van der Waals surface area (Å²) in [4.78, 5) is 0. The number of ether oxygens (including phenoxy) is 1. The van der Waals surface area contributed by atoms with Gasteiger partial charge in [0.2, 0.25) is 0 Å². The summed E-state index contributed by atoms with van der Waals surface area (Å²) < 4.78 is 18.9. The number of hydrogen-bond donors (Lipinski definition) is 1. The zero-order chi connectivity index (χ0) is 15.4. The van der Waals surface area contributed by atoms with E-state index < -0.39 is 0 Å². The number of methoxy groups -OCH3 is 1. The van der Waals surface area contributed by atoms with Gasteiger partial charge in [0.1, 0.15) is 11.6 Å². The van der Waals surface area contributed by atoms with Gasteiger partial charge in [0.05, 0.1) is 11.6 Å². The molecule has 0 fully saturated rings. The van der Waals surface area contributed by atoms with Crippen LogP contribution in [0.5, 0.6) is 5.75 Å². The van der Waals surface area contributed by atoms with Crippen LogP contribution in [0, 0.1) is 5.82 Å². The molecule has 1 N–H and O–H groups in total. The van der Waals surface area contributed by atoms with E-state index in [-0.39, 0.29) is 17.9 Å². The molecule has 0 aliphatic carbocycles. The topological polar surface area (TPSA) is 21.3 Å². The molecule has 0 heterocycles. The largest absolute Gasteiger partial charge is 0.497 e. The number of benzene rings is 2. The molecule has 112 valence electrons. The Bertz CT molecular complexity index is 600. The fourth-order valence-electron chi connectivity index (χ4n) is 2.24. The van der Waals surface area contributed by atoms with E-state index >= 15 is 0 Å². The minimum Gasteiger partial charge on any atom is -0.497 e. The smallest absolute Gasteiger partial charge is 0.137 e. The number of hydrogen-bond acceptors (Lipinski definition) is 2. The van der Waals surface area contributed by atoms with Crippen LogP contribution in [0.4, 0.5) is 4.39 Å². The van der Waals surface area contributed by atoms with Gasteiger partial charge in [-0.3, -0.25) is 0 Å². The predicted molar refractivity (Wildman–Crippen MR) is 87.1 cm³/mol. The minimum atomic E-state index is -0.242. The molecule has 4 heteroatoms. The van der Waals surface area contributed by atoms with E-state index in [0.717, 1.165) is 11.3 Å². The first kappa shape index (κ1) is 16.0. The summed E-state index contributed by atoms with van der Waals surface area (Å²) in [5.74, 6) is 0.607. The molecular weight excluding hydrogens is 333 g/mol. The highest BCUT2D eigenvalue weighted by Gasteiger charge is 2.12. The Morgan fingerprint density at radius 3 is 2.14 bits per heavy atom. The maximum Gasteiger partial charge on any atom is 0.137 e. The van der Waals surface area contributed by atoms with Gasteiger partial charge in [-0.1, -0.05) is 18.2 Å². The van der Waals surface area contributed by atoms with Crippen molar-refractivity contribution >= 4 is 15.9 Å². The van der Waals surface area contributed by atoms with Crippen LogP contribution in [0.1, 0.15) is 37.1 Å². The second-order valence-corrected chi connectivity index (χ2v) is 5.91. The summed E-state index contributed by atoms with van der Waals surface area (Å²) in [6.45, 7) is 4.18. The van der Waals surface area contributed by atoms with Crippen molar-refractivity contribution in [1.29, 1.82) is 0 Å². The van der Waals surface area contributed by atoms with Gasteiger partial charge in [0.15, 0.2) is 0 Å². The Labute approximate surface area is 133 Å². The van der Waals surface area contributed by atoms with Crippen molar-refractivity contribution in [3.8, 4) is 5.75 Å². The molecule has 21 heavy (non-hydrogen) atoms. The van der Waals surface area contributed by atoms with Crippen molar-refractivity contribution in [2.24, 2.45) is 0 Å². The van der Waals surface area contributed by atoms with E-state index in [4.69, 9.17) is 4.74 Å². The van der Waals surface area contributed by atoms with Crippen LogP contribution in [0.15, 0.2) is 46.9 Å². The lowest BCUT2D eigenvalue weighted by atomic mass is 10.0. The van der Waals surface area contributed by atoms with Crippen molar-refractivity contribution < 1.29 is 9.13 Å². The second-order valence-electron chi connectivity index (χ2n) is 5.06. The van der Waals surface area contributed by atoms with Crippen LogP contribution in [-0.2, 0) is 0 Å². The lowest BCUT2D eigenvalue weighted by molar-refractivity contribution is 0.414. The third-order valence-electron chi connectivity index (χ3n) is 3.56. The molecule has 0 spiro atoms. The molecule has 0 aliphatic rings. The van der Waals surface area contributed by atoms with E-state index in [1.165, 1.54) is 11.6 Å². The fraction of sp³-hybridized carbons (Fsp3) is 0.294. The van der Waals surface area contributed by atoms with Crippen molar-refractivity contribution in [2.75, 3.05) is 7.11 Å². The lowest BCUT2D eigenvalue weighted by Crippen LogP contribution is -2.22. The van der Waals surface area contributed by atoms with Crippen molar-refractivity contribution in [3.05, 3.63) is 63.9 Å². The van der Waals surface area contributed by atoms with E-state index in [0.29, 0.717) is 4.47 Å².